The topological polar surface area (TPSA) is 101 Å². The number of amides is 1. The predicted molar refractivity (Wildman–Crippen MR) is 122 cm³/mol. The van der Waals surface area contributed by atoms with Gasteiger partial charge in [-0.3, -0.25) is 14.6 Å². The van der Waals surface area contributed by atoms with Crippen molar-refractivity contribution in [2.45, 2.75) is 6.54 Å². The Hall–Kier alpha value is -3.97. The molecule has 2 heterocycles. The van der Waals surface area contributed by atoms with Gasteiger partial charge in [-0.05, 0) is 29.8 Å². The lowest BCUT2D eigenvalue weighted by Gasteiger charge is -2.14. The molecule has 0 aliphatic carbocycles. The molecule has 2 aromatic carbocycles. The van der Waals surface area contributed by atoms with Crippen molar-refractivity contribution in [1.29, 1.82) is 0 Å². The summed E-state index contributed by atoms with van der Waals surface area (Å²) < 4.78 is 4.88. The fourth-order valence-corrected chi connectivity index (χ4v) is 3.74. The minimum Gasteiger partial charge on any atom is -0.464 e. The van der Waals surface area contributed by atoms with Gasteiger partial charge in [0.1, 0.15) is 5.69 Å². The Bertz CT molecular complexity index is 1370. The molecule has 8 heteroatoms. The van der Waals surface area contributed by atoms with Gasteiger partial charge in [0.15, 0.2) is 5.43 Å². The van der Waals surface area contributed by atoms with Crippen LogP contribution in [0.4, 0.5) is 0 Å². The monoisotopic (exact) mass is 447 g/mol. The van der Waals surface area contributed by atoms with Gasteiger partial charge in [-0.2, -0.15) is 0 Å². The number of fused-ring (bicyclic) bond motifs is 1. The maximum Gasteiger partial charge on any atom is 0.354 e. The lowest BCUT2D eigenvalue weighted by molar-refractivity contribution is 0.0592. The third kappa shape index (κ3) is 3.98. The predicted octanol–water partition coefficient (Wildman–Crippen LogP) is 3.96. The van der Waals surface area contributed by atoms with Gasteiger partial charge in [0, 0.05) is 29.9 Å². The molecule has 160 valence electrons. The number of pyridine rings is 2. The Morgan fingerprint density at radius 2 is 1.88 bits per heavy atom. The van der Waals surface area contributed by atoms with Crippen molar-refractivity contribution in [3.63, 3.8) is 0 Å². The number of carbonyl (C=O) groups excluding carboxylic acids is 2. The number of methoxy groups -OCH3 is 1. The first kappa shape index (κ1) is 21.3. The zero-order valence-corrected chi connectivity index (χ0v) is 17.8. The lowest BCUT2D eigenvalue weighted by Crippen LogP contribution is -2.29. The van der Waals surface area contributed by atoms with E-state index >= 15 is 0 Å². The van der Waals surface area contributed by atoms with E-state index in [1.54, 1.807) is 30.5 Å². The molecule has 4 aromatic rings. The molecular formula is C24H18ClN3O4. The van der Waals surface area contributed by atoms with Crippen molar-refractivity contribution in [2.75, 3.05) is 7.11 Å². The van der Waals surface area contributed by atoms with Gasteiger partial charge >= 0.3 is 5.97 Å². The molecule has 0 unspecified atom stereocenters. The summed E-state index contributed by atoms with van der Waals surface area (Å²) in [5, 5.41) is 3.43. The van der Waals surface area contributed by atoms with Crippen LogP contribution in [-0.2, 0) is 11.3 Å². The van der Waals surface area contributed by atoms with Gasteiger partial charge in [0.2, 0.25) is 0 Å². The molecule has 2 N–H and O–H groups in total. The number of benzene rings is 2. The van der Waals surface area contributed by atoms with Crippen molar-refractivity contribution in [3.8, 4) is 11.1 Å². The molecule has 0 aliphatic rings. The maximum absolute atomic E-state index is 13.4. The number of aromatic nitrogens is 2. The van der Waals surface area contributed by atoms with Crippen LogP contribution in [0.3, 0.4) is 0 Å². The standard InChI is InChI=1S/C24H18ClN3O4/c1-32-24(31)21-17(13-27-23(30)15-8-5-11-26-12-15)22(29)16-9-10-18(25)19(20(16)28-21)14-6-3-2-4-7-14/h2-12H,13H2,1H3,(H,27,30)(H,28,29). The minimum absolute atomic E-state index is 0.0454. The van der Waals surface area contributed by atoms with E-state index in [-0.39, 0.29) is 17.8 Å². The normalized spacial score (nSPS) is 10.7. The van der Waals surface area contributed by atoms with E-state index in [4.69, 9.17) is 16.3 Å². The molecular weight excluding hydrogens is 430 g/mol. The highest BCUT2D eigenvalue weighted by Gasteiger charge is 2.22. The quantitative estimate of drug-likeness (QED) is 0.451. The van der Waals surface area contributed by atoms with Gasteiger partial charge in [-0.1, -0.05) is 41.9 Å². The van der Waals surface area contributed by atoms with E-state index in [1.807, 2.05) is 30.3 Å². The summed E-state index contributed by atoms with van der Waals surface area (Å²) in [4.78, 5) is 45.3. The minimum atomic E-state index is -0.728. The second-order valence-corrected chi connectivity index (χ2v) is 7.34. The summed E-state index contributed by atoms with van der Waals surface area (Å²) in [7, 11) is 1.22. The fraction of sp³-hybridized carbons (Fsp3) is 0.0833. The van der Waals surface area contributed by atoms with Crippen molar-refractivity contribution in [1.82, 2.24) is 15.3 Å². The van der Waals surface area contributed by atoms with Crippen LogP contribution in [-0.4, -0.2) is 29.0 Å². The SMILES string of the molecule is COC(=O)c1[nH]c2c(-c3ccccc3)c(Cl)ccc2c(=O)c1CNC(=O)c1cccnc1. The zero-order valence-electron chi connectivity index (χ0n) is 17.0. The molecule has 4 rings (SSSR count). The van der Waals surface area contributed by atoms with Crippen LogP contribution in [0.25, 0.3) is 22.0 Å². The van der Waals surface area contributed by atoms with E-state index in [1.165, 1.54) is 13.3 Å². The number of H-pyrrole nitrogens is 1. The maximum atomic E-state index is 13.4. The molecule has 0 atom stereocenters. The van der Waals surface area contributed by atoms with Crippen LogP contribution in [0.15, 0.2) is 71.8 Å². The largest absolute Gasteiger partial charge is 0.464 e. The Morgan fingerprint density at radius 3 is 2.56 bits per heavy atom. The first-order valence-electron chi connectivity index (χ1n) is 9.70. The highest BCUT2D eigenvalue weighted by atomic mass is 35.5. The smallest absolute Gasteiger partial charge is 0.354 e. The number of rotatable bonds is 5. The third-order valence-corrected chi connectivity index (χ3v) is 5.34. The average Bonchev–Trinajstić information content (AvgIpc) is 2.83. The second-order valence-electron chi connectivity index (χ2n) is 6.93. The number of carbonyl (C=O) groups is 2. The summed E-state index contributed by atoms with van der Waals surface area (Å²) in [6.45, 7) is -0.174. The molecule has 0 fully saturated rings. The van der Waals surface area contributed by atoms with Crippen molar-refractivity contribution in [3.05, 3.63) is 99.1 Å². The Balaban J connectivity index is 1.86. The first-order valence-corrected chi connectivity index (χ1v) is 10.1. The number of ether oxygens (including phenoxy) is 1. The van der Waals surface area contributed by atoms with Crippen LogP contribution in [0.1, 0.15) is 26.4 Å². The van der Waals surface area contributed by atoms with Crippen LogP contribution in [0.2, 0.25) is 5.02 Å². The fourth-order valence-electron chi connectivity index (χ4n) is 3.47. The van der Waals surface area contributed by atoms with Crippen molar-refractivity contribution < 1.29 is 14.3 Å². The second kappa shape index (κ2) is 9.03. The highest BCUT2D eigenvalue weighted by molar-refractivity contribution is 6.35. The molecule has 0 bridgehead atoms. The van der Waals surface area contributed by atoms with Crippen LogP contribution >= 0.6 is 11.6 Å². The van der Waals surface area contributed by atoms with Gasteiger partial charge in [-0.15, -0.1) is 0 Å². The van der Waals surface area contributed by atoms with Crippen molar-refractivity contribution >= 4 is 34.4 Å². The summed E-state index contributed by atoms with van der Waals surface area (Å²) in [6, 6.07) is 15.8. The summed E-state index contributed by atoms with van der Waals surface area (Å²) in [5.41, 5.74) is 1.77. The number of halogens is 1. The molecule has 0 aliphatic heterocycles. The molecule has 0 saturated carbocycles. The zero-order chi connectivity index (χ0) is 22.7. The molecule has 0 saturated heterocycles. The molecule has 2 aromatic heterocycles. The lowest BCUT2D eigenvalue weighted by atomic mass is 9.99. The Morgan fingerprint density at radius 1 is 1.09 bits per heavy atom. The first-order chi connectivity index (χ1) is 15.5. The van der Waals surface area contributed by atoms with Crippen LogP contribution in [0, 0.1) is 0 Å². The Labute approximate surface area is 188 Å². The van der Waals surface area contributed by atoms with Crippen LogP contribution < -0.4 is 10.7 Å². The summed E-state index contributed by atoms with van der Waals surface area (Å²) >= 11 is 6.47. The van der Waals surface area contributed by atoms with Gasteiger partial charge in [-0.25, -0.2) is 4.79 Å². The molecule has 7 nitrogen and oxygen atoms in total. The van der Waals surface area contributed by atoms with E-state index in [9.17, 15) is 14.4 Å². The Kier molecular flexibility index (Phi) is 6.00. The number of nitrogens with one attached hydrogen (secondary N) is 2. The summed E-state index contributed by atoms with van der Waals surface area (Å²) in [6.07, 6.45) is 2.96. The molecule has 32 heavy (non-hydrogen) atoms. The number of hydrogen-bond acceptors (Lipinski definition) is 5. The molecule has 0 radical (unpaired) electrons. The third-order valence-electron chi connectivity index (χ3n) is 5.03. The highest BCUT2D eigenvalue weighted by Crippen LogP contribution is 2.33. The van der Waals surface area contributed by atoms with E-state index < -0.39 is 17.3 Å². The van der Waals surface area contributed by atoms with Gasteiger partial charge in [0.25, 0.3) is 5.91 Å². The number of nitrogens with zero attached hydrogens (tertiary/aromatic N) is 1. The summed E-state index contributed by atoms with van der Waals surface area (Å²) in [5.74, 6) is -1.15. The molecule has 0 spiro atoms. The number of aromatic amines is 1. The van der Waals surface area contributed by atoms with E-state index in [0.717, 1.165) is 5.56 Å². The van der Waals surface area contributed by atoms with Gasteiger partial charge < -0.3 is 15.0 Å². The van der Waals surface area contributed by atoms with E-state index in [0.29, 0.717) is 27.1 Å². The van der Waals surface area contributed by atoms with E-state index in [2.05, 4.69) is 15.3 Å². The molecule has 1 amide bonds. The average molecular weight is 448 g/mol. The van der Waals surface area contributed by atoms with Crippen LogP contribution in [0.5, 0.6) is 0 Å². The number of esters is 1. The number of hydrogen-bond donors (Lipinski definition) is 2. The van der Waals surface area contributed by atoms with Gasteiger partial charge in [0.05, 0.1) is 28.8 Å². The van der Waals surface area contributed by atoms with Crippen molar-refractivity contribution in [2.24, 2.45) is 0 Å².